The van der Waals surface area contributed by atoms with Gasteiger partial charge in [-0.3, -0.25) is 9.59 Å². The van der Waals surface area contributed by atoms with Gasteiger partial charge in [-0.2, -0.15) is 0 Å². The molecule has 1 aliphatic rings. The molecule has 1 unspecified atom stereocenters. The van der Waals surface area contributed by atoms with Crippen LogP contribution in [0.2, 0.25) is 5.02 Å². The first-order chi connectivity index (χ1) is 12.0. The minimum atomic E-state index is -0.272. The number of nitrogens with zero attached hydrogens (tertiary/aromatic N) is 2. The Labute approximate surface area is 155 Å². The second-order valence-electron chi connectivity index (χ2n) is 6.41. The molecule has 0 saturated carbocycles. The minimum absolute atomic E-state index is 0.0102. The molecule has 0 aliphatic carbocycles. The summed E-state index contributed by atoms with van der Waals surface area (Å²) in [5.41, 5.74) is 0.795. The van der Waals surface area contributed by atoms with E-state index < -0.39 is 0 Å². The zero-order valence-electron chi connectivity index (χ0n) is 15.1. The van der Waals surface area contributed by atoms with Gasteiger partial charge in [0, 0.05) is 30.2 Å². The van der Waals surface area contributed by atoms with Crippen molar-refractivity contribution >= 4 is 29.1 Å². The lowest BCUT2D eigenvalue weighted by atomic mass is 10.1. The summed E-state index contributed by atoms with van der Waals surface area (Å²) in [6.45, 7) is 8.62. The summed E-state index contributed by atoms with van der Waals surface area (Å²) >= 11 is 5.88. The Kier molecular flexibility index (Phi) is 7.72. The van der Waals surface area contributed by atoms with E-state index in [-0.39, 0.29) is 24.2 Å². The first-order valence-electron chi connectivity index (χ1n) is 9.11. The number of carbonyl (C=O) groups is 2. The maximum Gasteiger partial charge on any atom is 0.227 e. The lowest BCUT2D eigenvalue weighted by Gasteiger charge is -2.18. The largest absolute Gasteiger partial charge is 0.356 e. The Morgan fingerprint density at radius 3 is 2.56 bits per heavy atom. The average molecular weight is 366 g/mol. The quantitative estimate of drug-likeness (QED) is 0.684. The van der Waals surface area contributed by atoms with Crippen molar-refractivity contribution in [2.24, 2.45) is 5.92 Å². The summed E-state index contributed by atoms with van der Waals surface area (Å²) < 4.78 is 0. The van der Waals surface area contributed by atoms with Crippen LogP contribution in [0.15, 0.2) is 24.3 Å². The van der Waals surface area contributed by atoms with Crippen molar-refractivity contribution in [2.75, 3.05) is 37.6 Å². The molecule has 6 heteroatoms. The van der Waals surface area contributed by atoms with Gasteiger partial charge in [-0.25, -0.2) is 0 Å². The van der Waals surface area contributed by atoms with Gasteiger partial charge in [-0.1, -0.05) is 25.4 Å². The SMILES string of the molecule is CCN(CC)CCCCNC(=O)C1CC(=O)N(c2ccc(Cl)cc2)C1. The van der Waals surface area contributed by atoms with Gasteiger partial charge in [-0.05, 0) is 56.7 Å². The number of amides is 2. The standard InChI is InChI=1S/C19H28ClN3O2/c1-3-22(4-2)12-6-5-11-21-19(25)15-13-18(24)23(14-15)17-9-7-16(20)8-10-17/h7-10,15H,3-6,11-14H2,1-2H3,(H,21,25). The van der Waals surface area contributed by atoms with Crippen molar-refractivity contribution in [3.63, 3.8) is 0 Å². The van der Waals surface area contributed by atoms with E-state index in [1.54, 1.807) is 17.0 Å². The highest BCUT2D eigenvalue weighted by atomic mass is 35.5. The fourth-order valence-corrected chi connectivity index (χ4v) is 3.24. The third-order valence-electron chi connectivity index (χ3n) is 4.73. The lowest BCUT2D eigenvalue weighted by Crippen LogP contribution is -2.34. The summed E-state index contributed by atoms with van der Waals surface area (Å²) in [5.74, 6) is -0.303. The molecule has 1 aromatic carbocycles. The molecular weight excluding hydrogens is 338 g/mol. The van der Waals surface area contributed by atoms with E-state index in [0.717, 1.165) is 38.2 Å². The average Bonchev–Trinajstić information content (AvgIpc) is 3.00. The van der Waals surface area contributed by atoms with Crippen LogP contribution in [-0.4, -0.2) is 49.4 Å². The van der Waals surface area contributed by atoms with Crippen LogP contribution in [-0.2, 0) is 9.59 Å². The van der Waals surface area contributed by atoms with Gasteiger partial charge in [0.05, 0.1) is 5.92 Å². The van der Waals surface area contributed by atoms with Gasteiger partial charge in [0.25, 0.3) is 0 Å². The van der Waals surface area contributed by atoms with Crippen LogP contribution in [0.25, 0.3) is 0 Å². The van der Waals surface area contributed by atoms with E-state index in [0.29, 0.717) is 18.1 Å². The van der Waals surface area contributed by atoms with Crippen molar-refractivity contribution in [1.82, 2.24) is 10.2 Å². The fourth-order valence-electron chi connectivity index (χ4n) is 3.11. The first-order valence-corrected chi connectivity index (χ1v) is 9.49. The molecule has 25 heavy (non-hydrogen) atoms. The van der Waals surface area contributed by atoms with Crippen molar-refractivity contribution < 1.29 is 9.59 Å². The number of anilines is 1. The Hall–Kier alpha value is -1.59. The zero-order valence-corrected chi connectivity index (χ0v) is 15.9. The maximum atomic E-state index is 12.3. The predicted octanol–water partition coefficient (Wildman–Crippen LogP) is 2.93. The first kappa shape index (κ1) is 19.7. The highest BCUT2D eigenvalue weighted by Crippen LogP contribution is 2.26. The van der Waals surface area contributed by atoms with Crippen LogP contribution in [0.3, 0.4) is 0 Å². The van der Waals surface area contributed by atoms with E-state index in [1.165, 1.54) is 0 Å². The number of hydrogen-bond acceptors (Lipinski definition) is 3. The van der Waals surface area contributed by atoms with E-state index in [2.05, 4.69) is 24.1 Å². The molecule has 0 spiro atoms. The fraction of sp³-hybridized carbons (Fsp3) is 0.579. The molecule has 1 saturated heterocycles. The number of hydrogen-bond donors (Lipinski definition) is 1. The molecule has 1 N–H and O–H groups in total. The summed E-state index contributed by atoms with van der Waals surface area (Å²) in [4.78, 5) is 28.6. The zero-order chi connectivity index (χ0) is 18.2. The Morgan fingerprint density at radius 1 is 1.24 bits per heavy atom. The lowest BCUT2D eigenvalue weighted by molar-refractivity contribution is -0.126. The van der Waals surface area contributed by atoms with Crippen LogP contribution in [0.5, 0.6) is 0 Å². The molecule has 1 aliphatic heterocycles. The molecular formula is C19H28ClN3O2. The number of benzene rings is 1. The van der Waals surface area contributed by atoms with E-state index in [9.17, 15) is 9.59 Å². The number of halogens is 1. The second kappa shape index (κ2) is 9.78. The molecule has 138 valence electrons. The normalized spacial score (nSPS) is 17.4. The topological polar surface area (TPSA) is 52.7 Å². The molecule has 1 fully saturated rings. The van der Waals surface area contributed by atoms with Crippen molar-refractivity contribution in [2.45, 2.75) is 33.1 Å². The minimum Gasteiger partial charge on any atom is -0.356 e. The van der Waals surface area contributed by atoms with E-state index in [1.807, 2.05) is 12.1 Å². The van der Waals surface area contributed by atoms with Crippen molar-refractivity contribution in [3.8, 4) is 0 Å². The van der Waals surface area contributed by atoms with E-state index >= 15 is 0 Å². The summed E-state index contributed by atoms with van der Waals surface area (Å²) in [6, 6.07) is 7.14. The summed E-state index contributed by atoms with van der Waals surface area (Å²) in [5, 5.41) is 3.61. The van der Waals surface area contributed by atoms with Crippen LogP contribution in [0.4, 0.5) is 5.69 Å². The van der Waals surface area contributed by atoms with Gasteiger partial charge < -0.3 is 15.1 Å². The van der Waals surface area contributed by atoms with Crippen molar-refractivity contribution in [1.29, 1.82) is 0 Å². The molecule has 1 aromatic rings. The molecule has 2 amide bonds. The number of unbranched alkanes of at least 4 members (excludes halogenated alkanes) is 1. The number of rotatable bonds is 9. The number of carbonyl (C=O) groups excluding carboxylic acids is 2. The van der Waals surface area contributed by atoms with Crippen LogP contribution < -0.4 is 10.2 Å². The number of nitrogens with one attached hydrogen (secondary N) is 1. The smallest absolute Gasteiger partial charge is 0.227 e. The van der Waals surface area contributed by atoms with Crippen LogP contribution in [0, 0.1) is 5.92 Å². The van der Waals surface area contributed by atoms with Gasteiger partial charge in [0.2, 0.25) is 11.8 Å². The predicted molar refractivity (Wildman–Crippen MR) is 102 cm³/mol. The third-order valence-corrected chi connectivity index (χ3v) is 4.98. The Balaban J connectivity index is 1.74. The molecule has 5 nitrogen and oxygen atoms in total. The molecule has 2 rings (SSSR count). The molecule has 1 heterocycles. The second-order valence-corrected chi connectivity index (χ2v) is 6.84. The summed E-state index contributed by atoms with van der Waals surface area (Å²) in [6.07, 6.45) is 2.31. The van der Waals surface area contributed by atoms with E-state index in [4.69, 9.17) is 11.6 Å². The molecule has 1 atom stereocenters. The highest BCUT2D eigenvalue weighted by Gasteiger charge is 2.34. The van der Waals surface area contributed by atoms with Gasteiger partial charge >= 0.3 is 0 Å². The van der Waals surface area contributed by atoms with Gasteiger partial charge in [-0.15, -0.1) is 0 Å². The highest BCUT2D eigenvalue weighted by molar-refractivity contribution is 6.30. The van der Waals surface area contributed by atoms with Crippen molar-refractivity contribution in [3.05, 3.63) is 29.3 Å². The molecule has 0 aromatic heterocycles. The molecule has 0 bridgehead atoms. The Morgan fingerprint density at radius 2 is 1.92 bits per heavy atom. The molecule has 0 radical (unpaired) electrons. The van der Waals surface area contributed by atoms with Crippen LogP contribution in [0.1, 0.15) is 33.1 Å². The monoisotopic (exact) mass is 365 g/mol. The van der Waals surface area contributed by atoms with Crippen LogP contribution >= 0.6 is 11.6 Å². The summed E-state index contributed by atoms with van der Waals surface area (Å²) in [7, 11) is 0. The van der Waals surface area contributed by atoms with Gasteiger partial charge in [0.15, 0.2) is 0 Å². The Bertz CT molecular complexity index is 573. The maximum absolute atomic E-state index is 12.3. The van der Waals surface area contributed by atoms with Gasteiger partial charge in [0.1, 0.15) is 0 Å². The third kappa shape index (κ3) is 5.72.